The second kappa shape index (κ2) is 11.3. The van der Waals surface area contributed by atoms with E-state index in [1.807, 2.05) is 16.9 Å². The molecular weight excluding hydrogens is 554 g/mol. The van der Waals surface area contributed by atoms with Gasteiger partial charge >= 0.3 is 0 Å². The van der Waals surface area contributed by atoms with Crippen LogP contribution in [0.5, 0.6) is 5.75 Å². The SMILES string of the molecule is CS(=O)(=O)NC(=O)c1cc(C2CC2)c(OCC2CCN([C@@H](c3cc(Cl)cc(Cl)c3)C3COC3)CC2)cc1F. The standard InChI is InChI=1S/C27H31Cl2FN2O5S/c1-38(34,35)31-27(33)23-11-22(17-2-3-17)25(12-24(23)30)37-13-16-4-6-32(7-5-16)26(19-14-36-15-19)18-8-20(28)10-21(29)9-18/h8-12,16-17,19,26H,2-7,13-15H2,1H3,(H,31,33)/t26-/m0/s1. The van der Waals surface area contributed by atoms with Gasteiger partial charge in [0, 0.05) is 28.1 Å². The van der Waals surface area contributed by atoms with E-state index in [1.165, 1.54) is 12.1 Å². The summed E-state index contributed by atoms with van der Waals surface area (Å²) >= 11 is 12.6. The van der Waals surface area contributed by atoms with Crippen LogP contribution in [0, 0.1) is 17.7 Å². The lowest BCUT2D eigenvalue weighted by molar-refractivity contribution is -0.0816. The minimum absolute atomic E-state index is 0.183. The van der Waals surface area contributed by atoms with E-state index in [0.717, 1.165) is 56.2 Å². The molecule has 2 aliphatic heterocycles. The highest BCUT2D eigenvalue weighted by Gasteiger charge is 2.36. The first kappa shape index (κ1) is 27.6. The Labute approximate surface area is 232 Å². The lowest BCUT2D eigenvalue weighted by atomic mass is 9.87. The van der Waals surface area contributed by atoms with Crippen LogP contribution >= 0.6 is 23.2 Å². The van der Waals surface area contributed by atoms with Crippen molar-refractivity contribution >= 4 is 39.1 Å². The molecule has 1 atom stereocenters. The highest BCUT2D eigenvalue weighted by Crippen LogP contribution is 2.45. The fraction of sp³-hybridized carbons (Fsp3) is 0.519. The molecule has 3 fully saturated rings. The first-order chi connectivity index (χ1) is 18.1. The third-order valence-electron chi connectivity index (χ3n) is 7.49. The molecule has 2 aromatic rings. The average molecular weight is 586 g/mol. The van der Waals surface area contributed by atoms with Crippen LogP contribution in [0.2, 0.25) is 10.0 Å². The van der Waals surface area contributed by atoms with Crippen molar-refractivity contribution in [2.24, 2.45) is 11.8 Å². The highest BCUT2D eigenvalue weighted by molar-refractivity contribution is 7.89. The zero-order valence-electron chi connectivity index (χ0n) is 21.1. The normalized spacial score (nSPS) is 20.1. The first-order valence-corrected chi connectivity index (χ1v) is 15.5. The Morgan fingerprint density at radius 2 is 1.76 bits per heavy atom. The van der Waals surface area contributed by atoms with E-state index >= 15 is 0 Å². The Morgan fingerprint density at radius 1 is 1.11 bits per heavy atom. The van der Waals surface area contributed by atoms with Crippen molar-refractivity contribution < 1.29 is 27.1 Å². The highest BCUT2D eigenvalue weighted by atomic mass is 35.5. The number of nitrogens with zero attached hydrogens (tertiary/aromatic N) is 1. The van der Waals surface area contributed by atoms with Crippen LogP contribution < -0.4 is 9.46 Å². The van der Waals surface area contributed by atoms with Crippen LogP contribution in [0.3, 0.4) is 0 Å². The molecule has 206 valence electrons. The van der Waals surface area contributed by atoms with E-state index in [2.05, 4.69) is 4.90 Å². The quantitative estimate of drug-likeness (QED) is 0.437. The van der Waals surface area contributed by atoms with Gasteiger partial charge in [0.05, 0.1) is 31.6 Å². The molecule has 0 spiro atoms. The summed E-state index contributed by atoms with van der Waals surface area (Å²) in [5.41, 5.74) is 1.57. The molecule has 1 N–H and O–H groups in total. The topological polar surface area (TPSA) is 84.9 Å². The summed E-state index contributed by atoms with van der Waals surface area (Å²) in [4.78, 5) is 14.8. The van der Waals surface area contributed by atoms with Gasteiger partial charge in [0.25, 0.3) is 5.91 Å². The van der Waals surface area contributed by atoms with Crippen LogP contribution in [0.25, 0.3) is 0 Å². The van der Waals surface area contributed by atoms with Crippen molar-refractivity contribution in [1.82, 2.24) is 9.62 Å². The molecule has 38 heavy (non-hydrogen) atoms. The number of nitrogens with one attached hydrogen (secondary N) is 1. The molecule has 0 bridgehead atoms. The predicted octanol–water partition coefficient (Wildman–Crippen LogP) is 5.18. The van der Waals surface area contributed by atoms with Crippen molar-refractivity contribution in [3.8, 4) is 5.75 Å². The molecule has 11 heteroatoms. The molecule has 2 aromatic carbocycles. The number of sulfonamides is 1. The summed E-state index contributed by atoms with van der Waals surface area (Å²) in [5.74, 6) is -0.464. The zero-order valence-corrected chi connectivity index (χ0v) is 23.4. The number of likely N-dealkylation sites (tertiary alicyclic amines) is 1. The van der Waals surface area contributed by atoms with Gasteiger partial charge in [-0.05, 0) is 86.0 Å². The summed E-state index contributed by atoms with van der Waals surface area (Å²) < 4.78 is 51.1. The van der Waals surface area contributed by atoms with Gasteiger partial charge in [0.15, 0.2) is 0 Å². The fourth-order valence-electron chi connectivity index (χ4n) is 5.38. The second-order valence-corrected chi connectivity index (χ2v) is 13.2. The van der Waals surface area contributed by atoms with Gasteiger partial charge in [-0.25, -0.2) is 17.5 Å². The number of piperidine rings is 1. The van der Waals surface area contributed by atoms with Gasteiger partial charge in [0.1, 0.15) is 11.6 Å². The van der Waals surface area contributed by atoms with Gasteiger partial charge in [-0.1, -0.05) is 23.2 Å². The molecule has 0 aromatic heterocycles. The minimum atomic E-state index is -3.80. The summed E-state index contributed by atoms with van der Waals surface area (Å²) in [5, 5.41) is 1.25. The number of ether oxygens (including phenoxy) is 2. The predicted molar refractivity (Wildman–Crippen MR) is 144 cm³/mol. The minimum Gasteiger partial charge on any atom is -0.493 e. The lowest BCUT2D eigenvalue weighted by Gasteiger charge is -2.44. The second-order valence-electron chi connectivity index (χ2n) is 10.6. The van der Waals surface area contributed by atoms with Crippen LogP contribution in [-0.4, -0.2) is 58.4 Å². The van der Waals surface area contributed by atoms with Gasteiger partial charge in [-0.2, -0.15) is 0 Å². The maximum absolute atomic E-state index is 14.8. The Morgan fingerprint density at radius 3 is 2.32 bits per heavy atom. The van der Waals surface area contributed by atoms with Crippen LogP contribution in [0.15, 0.2) is 30.3 Å². The third kappa shape index (κ3) is 6.62. The molecule has 1 saturated carbocycles. The maximum atomic E-state index is 14.8. The van der Waals surface area contributed by atoms with Crippen molar-refractivity contribution in [3.05, 3.63) is 62.9 Å². The summed E-state index contributed by atoms with van der Waals surface area (Å²) in [6.07, 6.45) is 4.56. The van der Waals surface area contributed by atoms with Crippen molar-refractivity contribution in [2.75, 3.05) is 39.2 Å². The van der Waals surface area contributed by atoms with Crippen molar-refractivity contribution in [3.63, 3.8) is 0 Å². The number of amides is 1. The van der Waals surface area contributed by atoms with Gasteiger partial charge < -0.3 is 9.47 Å². The molecule has 2 heterocycles. The summed E-state index contributed by atoms with van der Waals surface area (Å²) in [6, 6.07) is 8.55. The number of carbonyl (C=O) groups is 1. The van der Waals surface area contributed by atoms with Crippen molar-refractivity contribution in [1.29, 1.82) is 0 Å². The molecule has 2 saturated heterocycles. The molecule has 7 nitrogen and oxygen atoms in total. The maximum Gasteiger partial charge on any atom is 0.267 e. The number of carbonyl (C=O) groups excluding carboxylic acids is 1. The molecule has 0 unspecified atom stereocenters. The van der Waals surface area contributed by atoms with E-state index < -0.39 is 21.7 Å². The molecule has 1 aliphatic carbocycles. The number of hydrogen-bond acceptors (Lipinski definition) is 6. The van der Waals surface area contributed by atoms with Gasteiger partial charge in [-0.3, -0.25) is 9.69 Å². The van der Waals surface area contributed by atoms with E-state index in [-0.39, 0.29) is 17.5 Å². The van der Waals surface area contributed by atoms with E-state index in [4.69, 9.17) is 32.7 Å². The van der Waals surface area contributed by atoms with Crippen LogP contribution in [-0.2, 0) is 14.8 Å². The van der Waals surface area contributed by atoms with E-state index in [1.54, 1.807) is 6.07 Å². The molecule has 1 amide bonds. The largest absolute Gasteiger partial charge is 0.493 e. The number of halogens is 3. The van der Waals surface area contributed by atoms with Gasteiger partial charge in [-0.15, -0.1) is 0 Å². The molecule has 5 rings (SSSR count). The fourth-order valence-corrected chi connectivity index (χ4v) is 6.37. The summed E-state index contributed by atoms with van der Waals surface area (Å²) in [7, 11) is -3.80. The molecule has 0 radical (unpaired) electrons. The van der Waals surface area contributed by atoms with Crippen molar-refractivity contribution in [2.45, 2.75) is 37.6 Å². The Hall–Kier alpha value is -1.91. The smallest absolute Gasteiger partial charge is 0.267 e. The number of rotatable bonds is 9. The third-order valence-corrected chi connectivity index (χ3v) is 8.49. The zero-order chi connectivity index (χ0) is 27.0. The molecular formula is C27H31Cl2FN2O5S. The van der Waals surface area contributed by atoms with Gasteiger partial charge in [0.2, 0.25) is 10.0 Å². The first-order valence-electron chi connectivity index (χ1n) is 12.8. The Bertz CT molecular complexity index is 1290. The number of benzene rings is 2. The number of hydrogen-bond donors (Lipinski definition) is 1. The van der Waals surface area contributed by atoms with E-state index in [9.17, 15) is 17.6 Å². The summed E-state index contributed by atoms with van der Waals surface area (Å²) in [6.45, 7) is 3.64. The van der Waals surface area contributed by atoms with Crippen LogP contribution in [0.4, 0.5) is 4.39 Å². The monoisotopic (exact) mass is 584 g/mol. The average Bonchev–Trinajstić information content (AvgIpc) is 3.64. The van der Waals surface area contributed by atoms with E-state index in [0.29, 0.717) is 47.5 Å². The Balaban J connectivity index is 1.23. The Kier molecular flexibility index (Phi) is 8.22. The molecule has 3 aliphatic rings. The van der Waals surface area contributed by atoms with Crippen LogP contribution in [0.1, 0.15) is 59.1 Å². The lowest BCUT2D eigenvalue weighted by Crippen LogP contribution is -2.46.